The first-order chi connectivity index (χ1) is 14.9. The lowest BCUT2D eigenvalue weighted by Crippen LogP contribution is -2.50. The lowest BCUT2D eigenvalue weighted by molar-refractivity contribution is -0.134. The molecule has 1 aliphatic heterocycles. The summed E-state index contributed by atoms with van der Waals surface area (Å²) in [4.78, 5) is 41.7. The Bertz CT molecular complexity index is 1020. The van der Waals surface area contributed by atoms with E-state index < -0.39 is 21.8 Å². The average molecular weight is 446 g/mol. The van der Waals surface area contributed by atoms with Gasteiger partial charge in [-0.3, -0.25) is 30.2 Å². The van der Waals surface area contributed by atoms with Gasteiger partial charge in [-0.1, -0.05) is 18.2 Å². The number of aromatic nitrogens is 1. The third-order valence-electron chi connectivity index (χ3n) is 4.78. The van der Waals surface area contributed by atoms with Gasteiger partial charge in [0.2, 0.25) is 21.8 Å². The van der Waals surface area contributed by atoms with Crippen molar-refractivity contribution in [2.45, 2.75) is 17.7 Å². The van der Waals surface area contributed by atoms with Crippen molar-refractivity contribution < 1.29 is 22.8 Å². The van der Waals surface area contributed by atoms with E-state index in [2.05, 4.69) is 15.8 Å². The van der Waals surface area contributed by atoms with Crippen LogP contribution in [-0.4, -0.2) is 66.5 Å². The fourth-order valence-corrected chi connectivity index (χ4v) is 4.50. The van der Waals surface area contributed by atoms with E-state index >= 15 is 0 Å². The maximum absolute atomic E-state index is 12.6. The quantitative estimate of drug-likeness (QED) is 0.610. The van der Waals surface area contributed by atoms with E-state index in [0.717, 1.165) is 0 Å². The third-order valence-corrected chi connectivity index (χ3v) is 6.69. The van der Waals surface area contributed by atoms with Crippen LogP contribution in [0.1, 0.15) is 23.2 Å². The van der Waals surface area contributed by atoms with E-state index in [1.54, 1.807) is 47.4 Å². The third kappa shape index (κ3) is 5.86. The molecule has 1 fully saturated rings. The Balaban J connectivity index is 1.41. The number of nitrogens with zero attached hydrogens (tertiary/aromatic N) is 3. The zero-order chi connectivity index (χ0) is 22.3. The number of pyridine rings is 1. The van der Waals surface area contributed by atoms with E-state index in [4.69, 9.17) is 0 Å². The molecule has 1 aromatic carbocycles. The first kappa shape index (κ1) is 22.4. The van der Waals surface area contributed by atoms with Gasteiger partial charge >= 0.3 is 0 Å². The van der Waals surface area contributed by atoms with Crippen molar-refractivity contribution in [2.75, 3.05) is 26.2 Å². The standard InChI is InChI=1S/C20H23N5O5S/c26-18(22-23-20(28)16-5-4-10-21-15-16)8-9-19(27)24-11-13-25(14-12-24)31(29,30)17-6-2-1-3-7-17/h1-7,10,15H,8-9,11-14H2,(H,22,26)(H,23,28). The van der Waals surface area contributed by atoms with Crippen LogP contribution < -0.4 is 10.9 Å². The molecule has 1 saturated heterocycles. The number of benzene rings is 1. The summed E-state index contributed by atoms with van der Waals surface area (Å²) < 4.78 is 26.6. The molecule has 3 rings (SSSR count). The fraction of sp³-hybridized carbons (Fsp3) is 0.300. The molecule has 2 aromatic rings. The summed E-state index contributed by atoms with van der Waals surface area (Å²) in [6, 6.07) is 11.3. The molecular weight excluding hydrogens is 422 g/mol. The predicted octanol–water partition coefficient (Wildman–Crippen LogP) is 0.156. The number of carbonyl (C=O) groups excluding carboxylic acids is 3. The molecule has 0 saturated carbocycles. The van der Waals surface area contributed by atoms with E-state index in [1.807, 2.05) is 0 Å². The fourth-order valence-electron chi connectivity index (χ4n) is 3.06. The van der Waals surface area contributed by atoms with Crippen LogP contribution in [0.3, 0.4) is 0 Å². The van der Waals surface area contributed by atoms with Crippen LogP contribution in [-0.2, 0) is 19.6 Å². The molecule has 0 radical (unpaired) electrons. The molecule has 2 heterocycles. The number of carbonyl (C=O) groups is 3. The van der Waals surface area contributed by atoms with Crippen LogP contribution in [0, 0.1) is 0 Å². The van der Waals surface area contributed by atoms with Gasteiger partial charge in [0.1, 0.15) is 0 Å². The molecule has 2 N–H and O–H groups in total. The van der Waals surface area contributed by atoms with Crippen LogP contribution >= 0.6 is 0 Å². The van der Waals surface area contributed by atoms with Gasteiger partial charge in [-0.05, 0) is 24.3 Å². The van der Waals surface area contributed by atoms with Crippen molar-refractivity contribution in [3.8, 4) is 0 Å². The van der Waals surface area contributed by atoms with Gasteiger partial charge in [-0.15, -0.1) is 0 Å². The minimum absolute atomic E-state index is 0.0416. The highest BCUT2D eigenvalue weighted by molar-refractivity contribution is 7.89. The maximum atomic E-state index is 12.6. The van der Waals surface area contributed by atoms with Crippen molar-refractivity contribution in [2.24, 2.45) is 0 Å². The van der Waals surface area contributed by atoms with Crippen molar-refractivity contribution in [3.05, 3.63) is 60.4 Å². The van der Waals surface area contributed by atoms with Crippen LogP contribution in [0.15, 0.2) is 59.8 Å². The highest BCUT2D eigenvalue weighted by atomic mass is 32.2. The number of hydrogen-bond acceptors (Lipinski definition) is 6. The number of rotatable bonds is 6. The Morgan fingerprint density at radius 1 is 0.903 bits per heavy atom. The largest absolute Gasteiger partial charge is 0.340 e. The topological polar surface area (TPSA) is 129 Å². The van der Waals surface area contributed by atoms with E-state index in [-0.39, 0.29) is 49.8 Å². The van der Waals surface area contributed by atoms with Gasteiger partial charge < -0.3 is 4.90 Å². The van der Waals surface area contributed by atoms with Gasteiger partial charge in [-0.25, -0.2) is 8.42 Å². The first-order valence-electron chi connectivity index (χ1n) is 9.70. The molecule has 1 aliphatic rings. The number of hydrogen-bond donors (Lipinski definition) is 2. The lowest BCUT2D eigenvalue weighted by atomic mass is 10.2. The minimum atomic E-state index is -3.59. The van der Waals surface area contributed by atoms with Crippen molar-refractivity contribution >= 4 is 27.7 Å². The number of hydrazine groups is 1. The van der Waals surface area contributed by atoms with Gasteiger partial charge in [-0.2, -0.15) is 4.31 Å². The second-order valence-electron chi connectivity index (χ2n) is 6.84. The van der Waals surface area contributed by atoms with Crippen molar-refractivity contribution in [1.29, 1.82) is 0 Å². The summed E-state index contributed by atoms with van der Waals surface area (Å²) in [6.07, 6.45) is 2.75. The molecule has 0 bridgehead atoms. The van der Waals surface area contributed by atoms with Crippen molar-refractivity contribution in [3.63, 3.8) is 0 Å². The zero-order valence-electron chi connectivity index (χ0n) is 16.7. The van der Waals surface area contributed by atoms with Crippen LogP contribution in [0.5, 0.6) is 0 Å². The highest BCUT2D eigenvalue weighted by Crippen LogP contribution is 2.17. The molecule has 31 heavy (non-hydrogen) atoms. The number of amides is 3. The molecule has 0 spiro atoms. The summed E-state index contributed by atoms with van der Waals surface area (Å²) in [6.45, 7) is 0.890. The Hall–Kier alpha value is -3.31. The smallest absolute Gasteiger partial charge is 0.271 e. The van der Waals surface area contributed by atoms with Gasteiger partial charge in [0.25, 0.3) is 5.91 Å². The second kappa shape index (κ2) is 10.1. The Labute approximate surface area is 180 Å². The maximum Gasteiger partial charge on any atom is 0.271 e. The van der Waals surface area contributed by atoms with E-state index in [0.29, 0.717) is 5.56 Å². The normalized spacial score (nSPS) is 14.6. The molecule has 1 aromatic heterocycles. The Morgan fingerprint density at radius 2 is 1.61 bits per heavy atom. The predicted molar refractivity (Wildman–Crippen MR) is 111 cm³/mol. The number of sulfonamides is 1. The van der Waals surface area contributed by atoms with Crippen LogP contribution in [0.4, 0.5) is 0 Å². The summed E-state index contributed by atoms with van der Waals surface area (Å²) >= 11 is 0. The zero-order valence-corrected chi connectivity index (χ0v) is 17.5. The molecule has 10 nitrogen and oxygen atoms in total. The minimum Gasteiger partial charge on any atom is -0.340 e. The lowest BCUT2D eigenvalue weighted by Gasteiger charge is -2.34. The van der Waals surface area contributed by atoms with Gasteiger partial charge in [0.05, 0.1) is 10.5 Å². The van der Waals surface area contributed by atoms with Gasteiger partial charge in [0, 0.05) is 51.4 Å². The molecule has 164 valence electrons. The number of piperazine rings is 1. The molecular formula is C20H23N5O5S. The summed E-state index contributed by atoms with van der Waals surface area (Å²) in [5.74, 6) is -1.26. The molecule has 0 unspecified atom stereocenters. The Morgan fingerprint density at radius 3 is 2.26 bits per heavy atom. The summed E-state index contributed by atoms with van der Waals surface area (Å²) in [7, 11) is -3.59. The first-order valence-corrected chi connectivity index (χ1v) is 11.1. The average Bonchev–Trinajstić information content (AvgIpc) is 2.82. The summed E-state index contributed by atoms with van der Waals surface area (Å²) in [5, 5.41) is 0. The van der Waals surface area contributed by atoms with Gasteiger partial charge in [0.15, 0.2) is 0 Å². The molecule has 11 heteroatoms. The second-order valence-corrected chi connectivity index (χ2v) is 8.78. The van der Waals surface area contributed by atoms with Crippen LogP contribution in [0.25, 0.3) is 0 Å². The summed E-state index contributed by atoms with van der Waals surface area (Å²) in [5.41, 5.74) is 4.82. The van der Waals surface area contributed by atoms with Crippen molar-refractivity contribution in [1.82, 2.24) is 25.0 Å². The SMILES string of the molecule is O=C(CCC(=O)N1CCN(S(=O)(=O)c2ccccc2)CC1)NNC(=O)c1cccnc1. The number of nitrogens with one attached hydrogen (secondary N) is 2. The highest BCUT2D eigenvalue weighted by Gasteiger charge is 2.29. The molecule has 3 amide bonds. The molecule has 0 atom stereocenters. The van der Waals surface area contributed by atoms with Crippen LogP contribution in [0.2, 0.25) is 0 Å². The van der Waals surface area contributed by atoms with E-state index in [1.165, 1.54) is 16.7 Å². The Kier molecular flexibility index (Phi) is 7.32. The molecule has 0 aliphatic carbocycles. The monoisotopic (exact) mass is 445 g/mol. The van der Waals surface area contributed by atoms with E-state index in [9.17, 15) is 22.8 Å².